The van der Waals surface area contributed by atoms with Crippen molar-refractivity contribution in [3.63, 3.8) is 0 Å². The highest BCUT2D eigenvalue weighted by Crippen LogP contribution is 2.23. The van der Waals surface area contributed by atoms with E-state index in [0.717, 1.165) is 4.88 Å². The summed E-state index contributed by atoms with van der Waals surface area (Å²) in [6.45, 7) is 3.95. The fourth-order valence-corrected chi connectivity index (χ4v) is 2.90. The average Bonchev–Trinajstić information content (AvgIpc) is 3.18. The Balaban J connectivity index is 2.07. The minimum absolute atomic E-state index is 0.0848. The molecule has 0 fully saturated rings. The average molecular weight is 344 g/mol. The smallest absolute Gasteiger partial charge is 0.336 e. The number of carboxylic acids is 1. The third-order valence-electron chi connectivity index (χ3n) is 3.44. The van der Waals surface area contributed by atoms with Gasteiger partial charge in [-0.1, -0.05) is 0 Å². The van der Waals surface area contributed by atoms with Gasteiger partial charge < -0.3 is 9.84 Å². The van der Waals surface area contributed by atoms with Gasteiger partial charge in [0.25, 0.3) is 0 Å². The van der Waals surface area contributed by atoms with Crippen molar-refractivity contribution < 1.29 is 14.6 Å². The highest BCUT2D eigenvalue weighted by Gasteiger charge is 2.16. The van der Waals surface area contributed by atoms with E-state index in [2.05, 4.69) is 14.5 Å². The first-order valence-electron chi connectivity index (χ1n) is 7.30. The predicted molar refractivity (Wildman–Crippen MR) is 92.5 cm³/mol. The minimum atomic E-state index is -1.00. The fraction of sp³-hybridized carbons (Fsp3) is 0.250. The number of aromatic carboxylic acids is 1. The maximum Gasteiger partial charge on any atom is 0.336 e. The van der Waals surface area contributed by atoms with E-state index in [1.807, 2.05) is 19.9 Å². The molecule has 0 saturated heterocycles. The zero-order chi connectivity index (χ0) is 17.3. The van der Waals surface area contributed by atoms with Crippen LogP contribution in [-0.4, -0.2) is 37.3 Å². The lowest BCUT2D eigenvalue weighted by molar-refractivity contribution is 0.0699. The molecular formula is C16H16N4O3S. The van der Waals surface area contributed by atoms with Crippen LogP contribution in [0.2, 0.25) is 0 Å². The van der Waals surface area contributed by atoms with Crippen molar-refractivity contribution in [3.8, 4) is 5.88 Å². The first-order valence-corrected chi connectivity index (χ1v) is 8.07. The SMILES string of the molecule is COc1cc(/C=C/c2cc(C(=O)O)c3cnn(C(C)C)c3n2)sn1. The quantitative estimate of drug-likeness (QED) is 0.763. The first kappa shape index (κ1) is 16.1. The summed E-state index contributed by atoms with van der Waals surface area (Å²) in [6, 6.07) is 3.43. The molecule has 0 aliphatic carbocycles. The van der Waals surface area contributed by atoms with Crippen molar-refractivity contribution in [1.82, 2.24) is 19.1 Å². The molecule has 0 unspecified atom stereocenters. The number of pyridine rings is 1. The van der Waals surface area contributed by atoms with Gasteiger partial charge in [-0.25, -0.2) is 14.5 Å². The molecule has 8 heteroatoms. The van der Waals surface area contributed by atoms with E-state index in [1.165, 1.54) is 11.5 Å². The molecular weight excluding hydrogens is 328 g/mol. The molecule has 0 aliphatic heterocycles. The number of methoxy groups -OCH3 is 1. The number of carboxylic acid groups (broad SMARTS) is 1. The van der Waals surface area contributed by atoms with Gasteiger partial charge in [0, 0.05) is 12.1 Å². The van der Waals surface area contributed by atoms with Crippen molar-refractivity contribution in [2.75, 3.05) is 7.11 Å². The maximum absolute atomic E-state index is 11.5. The van der Waals surface area contributed by atoms with Crippen LogP contribution in [0.5, 0.6) is 5.88 Å². The van der Waals surface area contributed by atoms with Gasteiger partial charge in [-0.3, -0.25) is 0 Å². The Kier molecular flexibility index (Phi) is 4.30. The monoisotopic (exact) mass is 344 g/mol. The standard InChI is InChI=1S/C16H16N4O3S/c1-9(2)20-15-13(8-17-20)12(16(21)22)6-10(18-15)4-5-11-7-14(23-3)19-24-11/h4-9H,1-3H3,(H,21,22)/b5-4+. The molecule has 0 amide bonds. The number of hydrogen-bond acceptors (Lipinski definition) is 6. The number of nitrogens with zero attached hydrogens (tertiary/aromatic N) is 4. The molecule has 3 rings (SSSR count). The van der Waals surface area contributed by atoms with E-state index in [0.29, 0.717) is 22.6 Å². The Labute approximate surface area is 142 Å². The van der Waals surface area contributed by atoms with Gasteiger partial charge in [-0.2, -0.15) is 9.47 Å². The van der Waals surface area contributed by atoms with Gasteiger partial charge in [-0.15, -0.1) is 0 Å². The fourth-order valence-electron chi connectivity index (χ4n) is 2.29. The number of hydrogen-bond donors (Lipinski definition) is 1. The van der Waals surface area contributed by atoms with Gasteiger partial charge in [-0.05, 0) is 43.6 Å². The van der Waals surface area contributed by atoms with Crippen molar-refractivity contribution in [1.29, 1.82) is 0 Å². The zero-order valence-electron chi connectivity index (χ0n) is 13.4. The Hall–Kier alpha value is -2.74. The Bertz CT molecular complexity index is 927. The maximum atomic E-state index is 11.5. The minimum Gasteiger partial charge on any atom is -0.480 e. The molecule has 24 heavy (non-hydrogen) atoms. The van der Waals surface area contributed by atoms with Gasteiger partial charge in [0.05, 0.1) is 34.8 Å². The summed E-state index contributed by atoms with van der Waals surface area (Å²) in [5.41, 5.74) is 1.30. The second kappa shape index (κ2) is 6.40. The summed E-state index contributed by atoms with van der Waals surface area (Å²) in [6.07, 6.45) is 5.14. The lowest BCUT2D eigenvalue weighted by Gasteiger charge is -2.07. The van der Waals surface area contributed by atoms with Crippen LogP contribution in [0.15, 0.2) is 18.3 Å². The second-order valence-electron chi connectivity index (χ2n) is 5.42. The molecule has 3 heterocycles. The number of rotatable bonds is 5. The van der Waals surface area contributed by atoms with Crippen LogP contribution < -0.4 is 4.74 Å². The highest BCUT2D eigenvalue weighted by molar-refractivity contribution is 7.07. The molecule has 7 nitrogen and oxygen atoms in total. The summed E-state index contributed by atoms with van der Waals surface area (Å²) < 4.78 is 10.9. The van der Waals surface area contributed by atoms with Crippen LogP contribution in [0.4, 0.5) is 0 Å². The van der Waals surface area contributed by atoms with Gasteiger partial charge >= 0.3 is 5.97 Å². The van der Waals surface area contributed by atoms with Crippen LogP contribution in [0, 0.1) is 0 Å². The van der Waals surface area contributed by atoms with Crippen molar-refractivity contribution in [3.05, 3.63) is 34.5 Å². The van der Waals surface area contributed by atoms with Crippen LogP contribution in [0.3, 0.4) is 0 Å². The summed E-state index contributed by atoms with van der Waals surface area (Å²) in [4.78, 5) is 17.0. The largest absolute Gasteiger partial charge is 0.480 e. The third kappa shape index (κ3) is 3.00. The molecule has 0 aromatic carbocycles. The topological polar surface area (TPSA) is 90.1 Å². The lowest BCUT2D eigenvalue weighted by Crippen LogP contribution is -2.05. The zero-order valence-corrected chi connectivity index (χ0v) is 14.2. The molecule has 3 aromatic rings. The van der Waals surface area contributed by atoms with Gasteiger partial charge in [0.15, 0.2) is 5.65 Å². The van der Waals surface area contributed by atoms with E-state index >= 15 is 0 Å². The lowest BCUT2D eigenvalue weighted by atomic mass is 10.1. The van der Waals surface area contributed by atoms with E-state index in [-0.39, 0.29) is 11.6 Å². The van der Waals surface area contributed by atoms with Crippen molar-refractivity contribution in [2.24, 2.45) is 0 Å². The molecule has 124 valence electrons. The van der Waals surface area contributed by atoms with Crippen LogP contribution in [-0.2, 0) is 0 Å². The molecule has 0 atom stereocenters. The molecule has 0 aliphatic rings. The van der Waals surface area contributed by atoms with Crippen molar-refractivity contribution in [2.45, 2.75) is 19.9 Å². The van der Waals surface area contributed by atoms with Crippen LogP contribution in [0.25, 0.3) is 23.2 Å². The van der Waals surface area contributed by atoms with Crippen LogP contribution in [0.1, 0.15) is 40.8 Å². The van der Waals surface area contributed by atoms with E-state index in [4.69, 9.17) is 4.74 Å². The second-order valence-corrected chi connectivity index (χ2v) is 6.26. The molecule has 0 saturated carbocycles. The first-order chi connectivity index (χ1) is 11.5. The Morgan fingerprint density at radius 1 is 1.38 bits per heavy atom. The van der Waals surface area contributed by atoms with E-state index < -0.39 is 5.97 Å². The number of ether oxygens (including phenoxy) is 1. The normalized spacial score (nSPS) is 11.7. The summed E-state index contributed by atoms with van der Waals surface area (Å²) >= 11 is 1.29. The van der Waals surface area contributed by atoms with Crippen molar-refractivity contribution >= 4 is 40.7 Å². The highest BCUT2D eigenvalue weighted by atomic mass is 32.1. The molecule has 3 aromatic heterocycles. The third-order valence-corrected chi connectivity index (χ3v) is 4.18. The Morgan fingerprint density at radius 3 is 2.79 bits per heavy atom. The van der Waals surface area contributed by atoms with Crippen LogP contribution >= 0.6 is 11.5 Å². The molecule has 1 N–H and O–H groups in total. The number of carbonyl (C=O) groups is 1. The van der Waals surface area contributed by atoms with Gasteiger partial charge in [0.1, 0.15) is 0 Å². The molecule has 0 spiro atoms. The summed E-state index contributed by atoms with van der Waals surface area (Å²) in [5.74, 6) is -0.452. The predicted octanol–water partition coefficient (Wildman–Crippen LogP) is 3.35. The Morgan fingerprint density at radius 2 is 2.17 bits per heavy atom. The number of aromatic nitrogens is 4. The van der Waals surface area contributed by atoms with Gasteiger partial charge in [0.2, 0.25) is 5.88 Å². The summed E-state index contributed by atoms with van der Waals surface area (Å²) in [5, 5.41) is 14.3. The summed E-state index contributed by atoms with van der Waals surface area (Å²) in [7, 11) is 1.56. The molecule has 0 bridgehead atoms. The molecule has 0 radical (unpaired) electrons. The van der Waals surface area contributed by atoms with E-state index in [9.17, 15) is 9.90 Å². The van der Waals surface area contributed by atoms with E-state index in [1.54, 1.807) is 36.2 Å². The number of fused-ring (bicyclic) bond motifs is 1.